The van der Waals surface area contributed by atoms with Gasteiger partial charge in [-0.2, -0.15) is 5.26 Å². The molecule has 102 valence electrons. The quantitative estimate of drug-likeness (QED) is 0.898. The van der Waals surface area contributed by atoms with Crippen molar-refractivity contribution < 1.29 is 14.6 Å². The Morgan fingerprint density at radius 2 is 2.21 bits per heavy atom. The predicted molar refractivity (Wildman–Crippen MR) is 70.3 cm³/mol. The standard InChI is InChI=1S/C15H19NO3/c1-18-12-15(17,13-6-3-2-4-7-13)14(10-16)8-5-9-19-11-14/h2-4,6-7,17H,5,8-9,11-12H2,1H3. The third-order valence-corrected chi connectivity index (χ3v) is 3.85. The van der Waals surface area contributed by atoms with Crippen LogP contribution in [0.3, 0.4) is 0 Å². The molecule has 4 heteroatoms. The molecule has 1 saturated heterocycles. The van der Waals surface area contributed by atoms with Crippen molar-refractivity contribution >= 4 is 0 Å². The van der Waals surface area contributed by atoms with Gasteiger partial charge in [0.05, 0.1) is 19.3 Å². The Balaban J connectivity index is 2.46. The molecule has 1 aliphatic heterocycles. The molecule has 1 fully saturated rings. The van der Waals surface area contributed by atoms with Crippen molar-refractivity contribution in [1.82, 2.24) is 0 Å². The monoisotopic (exact) mass is 261 g/mol. The number of aliphatic hydroxyl groups is 1. The Kier molecular flexibility index (Phi) is 4.20. The van der Waals surface area contributed by atoms with Crippen LogP contribution in [0.25, 0.3) is 0 Å². The summed E-state index contributed by atoms with van der Waals surface area (Å²) in [4.78, 5) is 0. The molecule has 0 aromatic heterocycles. The van der Waals surface area contributed by atoms with Gasteiger partial charge in [-0.3, -0.25) is 0 Å². The zero-order valence-corrected chi connectivity index (χ0v) is 11.1. The highest BCUT2D eigenvalue weighted by Crippen LogP contribution is 2.45. The number of methoxy groups -OCH3 is 1. The van der Waals surface area contributed by atoms with Crippen LogP contribution < -0.4 is 0 Å². The number of benzene rings is 1. The Labute approximate surface area is 113 Å². The summed E-state index contributed by atoms with van der Waals surface area (Å²) in [6.45, 7) is 0.952. The molecule has 1 aliphatic rings. The van der Waals surface area contributed by atoms with Crippen molar-refractivity contribution in [2.75, 3.05) is 26.9 Å². The van der Waals surface area contributed by atoms with Crippen LogP contribution in [-0.2, 0) is 15.1 Å². The van der Waals surface area contributed by atoms with E-state index in [-0.39, 0.29) is 13.2 Å². The highest BCUT2D eigenvalue weighted by Gasteiger charge is 2.53. The average molecular weight is 261 g/mol. The molecule has 2 unspecified atom stereocenters. The maximum absolute atomic E-state index is 11.1. The number of rotatable bonds is 4. The van der Waals surface area contributed by atoms with E-state index in [2.05, 4.69) is 6.07 Å². The number of ether oxygens (including phenoxy) is 2. The molecule has 1 aromatic rings. The van der Waals surface area contributed by atoms with Crippen molar-refractivity contribution in [2.24, 2.45) is 5.41 Å². The highest BCUT2D eigenvalue weighted by molar-refractivity contribution is 5.29. The summed E-state index contributed by atoms with van der Waals surface area (Å²) in [6, 6.07) is 11.5. The van der Waals surface area contributed by atoms with Gasteiger partial charge in [-0.05, 0) is 18.4 Å². The van der Waals surface area contributed by atoms with Crippen LogP contribution in [0.4, 0.5) is 0 Å². The number of nitrogens with zero attached hydrogens (tertiary/aromatic N) is 1. The molecule has 2 atom stereocenters. The maximum Gasteiger partial charge on any atom is 0.134 e. The smallest absolute Gasteiger partial charge is 0.134 e. The normalized spacial score (nSPS) is 26.4. The van der Waals surface area contributed by atoms with Crippen molar-refractivity contribution in [1.29, 1.82) is 5.26 Å². The predicted octanol–water partition coefficient (Wildman–Crippen LogP) is 1.84. The fourth-order valence-electron chi connectivity index (χ4n) is 2.72. The minimum atomic E-state index is -1.35. The van der Waals surface area contributed by atoms with Crippen LogP contribution in [0.1, 0.15) is 18.4 Å². The van der Waals surface area contributed by atoms with Crippen LogP contribution in [-0.4, -0.2) is 32.0 Å². The van der Waals surface area contributed by atoms with Gasteiger partial charge in [0.15, 0.2) is 0 Å². The lowest BCUT2D eigenvalue weighted by molar-refractivity contribution is -0.152. The van der Waals surface area contributed by atoms with Crippen molar-refractivity contribution in [3.63, 3.8) is 0 Å². The molecule has 4 nitrogen and oxygen atoms in total. The lowest BCUT2D eigenvalue weighted by Crippen LogP contribution is -2.52. The Bertz CT molecular complexity index is 448. The van der Waals surface area contributed by atoms with Gasteiger partial charge >= 0.3 is 0 Å². The number of hydrogen-bond acceptors (Lipinski definition) is 4. The van der Waals surface area contributed by atoms with E-state index in [1.807, 2.05) is 30.3 Å². The van der Waals surface area contributed by atoms with E-state index in [4.69, 9.17) is 9.47 Å². The van der Waals surface area contributed by atoms with Crippen LogP contribution >= 0.6 is 0 Å². The molecule has 19 heavy (non-hydrogen) atoms. The first-order valence-electron chi connectivity index (χ1n) is 6.44. The van der Waals surface area contributed by atoms with Gasteiger partial charge in [-0.25, -0.2) is 0 Å². The Morgan fingerprint density at radius 3 is 2.74 bits per heavy atom. The molecular weight excluding hydrogens is 242 g/mol. The Hall–Kier alpha value is -1.41. The fourth-order valence-corrected chi connectivity index (χ4v) is 2.72. The maximum atomic E-state index is 11.1. The van der Waals surface area contributed by atoms with Gasteiger partial charge in [-0.15, -0.1) is 0 Å². The molecule has 1 aromatic carbocycles. The molecule has 1 N–H and O–H groups in total. The molecule has 0 spiro atoms. The van der Waals surface area contributed by atoms with E-state index >= 15 is 0 Å². The number of hydrogen-bond donors (Lipinski definition) is 1. The minimum absolute atomic E-state index is 0.0773. The highest BCUT2D eigenvalue weighted by atomic mass is 16.5. The van der Waals surface area contributed by atoms with Gasteiger partial charge in [-0.1, -0.05) is 30.3 Å². The molecular formula is C15H19NO3. The van der Waals surface area contributed by atoms with Gasteiger partial charge in [0.1, 0.15) is 11.0 Å². The van der Waals surface area contributed by atoms with Crippen LogP contribution in [0, 0.1) is 16.7 Å². The zero-order valence-electron chi connectivity index (χ0n) is 11.1. The summed E-state index contributed by atoms with van der Waals surface area (Å²) in [5.41, 5.74) is -1.61. The SMILES string of the molecule is COCC(O)(c1ccccc1)C1(C#N)CCCOC1. The number of nitriles is 1. The first-order valence-corrected chi connectivity index (χ1v) is 6.44. The molecule has 2 rings (SSSR count). The van der Waals surface area contributed by atoms with Gasteiger partial charge in [0, 0.05) is 13.7 Å². The van der Waals surface area contributed by atoms with E-state index in [1.165, 1.54) is 7.11 Å². The van der Waals surface area contributed by atoms with Gasteiger partial charge in [0.2, 0.25) is 0 Å². The minimum Gasteiger partial charge on any atom is -0.381 e. The molecule has 0 saturated carbocycles. The summed E-state index contributed by atoms with van der Waals surface area (Å²) >= 11 is 0. The zero-order chi connectivity index (χ0) is 13.8. The van der Waals surface area contributed by atoms with E-state index in [1.54, 1.807) is 0 Å². The summed E-state index contributed by atoms with van der Waals surface area (Å²) in [7, 11) is 1.53. The van der Waals surface area contributed by atoms with E-state index in [0.717, 1.165) is 6.42 Å². The summed E-state index contributed by atoms with van der Waals surface area (Å²) < 4.78 is 10.6. The second-order valence-corrected chi connectivity index (χ2v) is 5.01. The lowest BCUT2D eigenvalue weighted by Gasteiger charge is -2.44. The van der Waals surface area contributed by atoms with Crippen molar-refractivity contribution in [2.45, 2.75) is 18.4 Å². The summed E-state index contributed by atoms with van der Waals surface area (Å²) in [5, 5.41) is 20.7. The van der Waals surface area contributed by atoms with Crippen LogP contribution in [0.15, 0.2) is 30.3 Å². The third-order valence-electron chi connectivity index (χ3n) is 3.85. The largest absolute Gasteiger partial charge is 0.381 e. The molecule has 1 heterocycles. The fraction of sp³-hybridized carbons (Fsp3) is 0.533. The van der Waals surface area contributed by atoms with Gasteiger partial charge in [0.25, 0.3) is 0 Å². The van der Waals surface area contributed by atoms with Crippen LogP contribution in [0.2, 0.25) is 0 Å². The molecule has 0 radical (unpaired) electrons. The van der Waals surface area contributed by atoms with E-state index < -0.39 is 11.0 Å². The van der Waals surface area contributed by atoms with E-state index in [9.17, 15) is 10.4 Å². The first-order chi connectivity index (χ1) is 9.18. The summed E-state index contributed by atoms with van der Waals surface area (Å²) in [6.07, 6.45) is 1.38. The third kappa shape index (κ3) is 2.37. The van der Waals surface area contributed by atoms with E-state index in [0.29, 0.717) is 18.6 Å². The molecule has 0 bridgehead atoms. The summed E-state index contributed by atoms with van der Waals surface area (Å²) in [5.74, 6) is 0. The topological polar surface area (TPSA) is 62.5 Å². The average Bonchev–Trinajstić information content (AvgIpc) is 2.49. The second-order valence-electron chi connectivity index (χ2n) is 5.01. The second kappa shape index (κ2) is 5.70. The van der Waals surface area contributed by atoms with Crippen molar-refractivity contribution in [3.05, 3.63) is 35.9 Å². The first kappa shape index (κ1) is 14.0. The van der Waals surface area contributed by atoms with Gasteiger partial charge < -0.3 is 14.6 Å². The molecule has 0 aliphatic carbocycles. The Morgan fingerprint density at radius 1 is 1.47 bits per heavy atom. The lowest BCUT2D eigenvalue weighted by atomic mass is 9.66. The van der Waals surface area contributed by atoms with Crippen molar-refractivity contribution in [3.8, 4) is 6.07 Å². The van der Waals surface area contributed by atoms with Crippen LogP contribution in [0.5, 0.6) is 0 Å². The molecule has 0 amide bonds.